The minimum absolute atomic E-state index is 0.121. The predicted octanol–water partition coefficient (Wildman–Crippen LogP) is 5.55. The fraction of sp³-hybridized carbons (Fsp3) is 0.429. The van der Waals surface area contributed by atoms with Gasteiger partial charge in [-0.15, -0.1) is 11.8 Å². The van der Waals surface area contributed by atoms with Gasteiger partial charge in [0, 0.05) is 22.2 Å². The van der Waals surface area contributed by atoms with Crippen molar-refractivity contribution in [2.45, 2.75) is 63.0 Å². The summed E-state index contributed by atoms with van der Waals surface area (Å²) in [6, 6.07) is 8.07. The Morgan fingerprint density at radius 1 is 1.04 bits per heavy atom. The molecule has 0 atom stereocenters. The van der Waals surface area contributed by atoms with Crippen LogP contribution in [0, 0.1) is 0 Å². The van der Waals surface area contributed by atoms with E-state index in [2.05, 4.69) is 68.6 Å². The van der Waals surface area contributed by atoms with Crippen LogP contribution in [0.2, 0.25) is 0 Å². The van der Waals surface area contributed by atoms with Gasteiger partial charge in [0.05, 0.1) is 5.75 Å². The summed E-state index contributed by atoms with van der Waals surface area (Å²) in [5.41, 5.74) is 3.44. The summed E-state index contributed by atoms with van der Waals surface area (Å²) >= 11 is 1.73. The van der Waals surface area contributed by atoms with Gasteiger partial charge in [0.1, 0.15) is 17.1 Å². The first-order valence-electron chi connectivity index (χ1n) is 8.86. The minimum Gasteiger partial charge on any atom is -0.507 e. The third-order valence-corrected chi connectivity index (χ3v) is 5.37. The summed E-state index contributed by atoms with van der Waals surface area (Å²) in [6.45, 7) is 12.8. The number of thioether (sulfide) groups is 1. The molecule has 0 fully saturated rings. The molecule has 0 spiro atoms. The fourth-order valence-corrected chi connectivity index (χ4v) is 3.79. The van der Waals surface area contributed by atoms with Gasteiger partial charge in [-0.1, -0.05) is 41.5 Å². The van der Waals surface area contributed by atoms with E-state index >= 15 is 0 Å². The Hall–Kier alpha value is -2.01. The summed E-state index contributed by atoms with van der Waals surface area (Å²) in [5, 5.41) is 10.8. The van der Waals surface area contributed by atoms with Crippen LogP contribution in [-0.2, 0) is 16.6 Å². The van der Waals surface area contributed by atoms with Crippen molar-refractivity contribution in [2.75, 3.05) is 0 Å². The quantitative estimate of drug-likeness (QED) is 0.594. The van der Waals surface area contributed by atoms with Crippen molar-refractivity contribution in [3.63, 3.8) is 0 Å². The SMILES string of the molecule is CC(C)(C)c1cc(SCc2nc3cccnc3[nH]2)cc(C(C)(C)C)c1O. The van der Waals surface area contributed by atoms with E-state index < -0.39 is 0 Å². The summed E-state index contributed by atoms with van der Waals surface area (Å²) in [5.74, 6) is 2.06. The van der Waals surface area contributed by atoms with E-state index in [0.29, 0.717) is 5.75 Å². The van der Waals surface area contributed by atoms with Crippen LogP contribution < -0.4 is 0 Å². The van der Waals surface area contributed by atoms with Crippen molar-refractivity contribution in [2.24, 2.45) is 0 Å². The number of imidazole rings is 1. The second-order valence-corrected chi connectivity index (χ2v) is 9.76. The van der Waals surface area contributed by atoms with Crippen LogP contribution in [0.4, 0.5) is 0 Å². The molecule has 1 aromatic carbocycles. The zero-order valence-corrected chi connectivity index (χ0v) is 17.2. The second kappa shape index (κ2) is 6.62. The smallest absolute Gasteiger partial charge is 0.157 e. The molecular formula is C21H27N3OS. The number of pyridine rings is 1. The molecule has 3 aromatic rings. The maximum atomic E-state index is 10.8. The lowest BCUT2D eigenvalue weighted by atomic mass is 9.79. The minimum atomic E-state index is -0.121. The van der Waals surface area contributed by atoms with Crippen molar-refractivity contribution in [3.8, 4) is 5.75 Å². The number of fused-ring (bicyclic) bond motifs is 1. The normalized spacial score (nSPS) is 12.7. The molecular weight excluding hydrogens is 342 g/mol. The van der Waals surface area contributed by atoms with Crippen LogP contribution in [0.15, 0.2) is 35.4 Å². The molecule has 0 aliphatic carbocycles. The number of aromatic hydroxyl groups is 1. The van der Waals surface area contributed by atoms with Gasteiger partial charge in [0.15, 0.2) is 5.65 Å². The first-order valence-corrected chi connectivity index (χ1v) is 9.84. The van der Waals surface area contributed by atoms with E-state index in [-0.39, 0.29) is 10.8 Å². The number of nitrogens with zero attached hydrogens (tertiary/aromatic N) is 2. The molecule has 3 rings (SSSR count). The third-order valence-electron chi connectivity index (χ3n) is 4.38. The molecule has 138 valence electrons. The number of benzene rings is 1. The van der Waals surface area contributed by atoms with Crippen molar-refractivity contribution in [1.82, 2.24) is 15.0 Å². The van der Waals surface area contributed by atoms with Gasteiger partial charge in [-0.25, -0.2) is 9.97 Å². The van der Waals surface area contributed by atoms with Crippen LogP contribution in [0.5, 0.6) is 5.75 Å². The third kappa shape index (κ3) is 3.88. The molecule has 0 aliphatic rings. The average Bonchev–Trinajstić information content (AvgIpc) is 2.94. The lowest BCUT2D eigenvalue weighted by Crippen LogP contribution is -2.17. The average molecular weight is 370 g/mol. The lowest BCUT2D eigenvalue weighted by Gasteiger charge is -2.28. The maximum absolute atomic E-state index is 10.8. The van der Waals surface area contributed by atoms with Crippen molar-refractivity contribution >= 4 is 22.9 Å². The molecule has 2 N–H and O–H groups in total. The van der Waals surface area contributed by atoms with E-state index in [1.54, 1.807) is 18.0 Å². The van der Waals surface area contributed by atoms with Crippen LogP contribution in [0.3, 0.4) is 0 Å². The molecule has 0 unspecified atom stereocenters. The number of hydrogen-bond donors (Lipinski definition) is 2. The highest BCUT2D eigenvalue weighted by Gasteiger charge is 2.26. The Morgan fingerprint density at radius 2 is 1.65 bits per heavy atom. The number of aromatic nitrogens is 3. The Kier molecular flexibility index (Phi) is 4.78. The van der Waals surface area contributed by atoms with Gasteiger partial charge in [0.25, 0.3) is 0 Å². The topological polar surface area (TPSA) is 61.8 Å². The Bertz CT molecular complexity index is 864. The van der Waals surface area contributed by atoms with Gasteiger partial charge >= 0.3 is 0 Å². The molecule has 0 saturated carbocycles. The van der Waals surface area contributed by atoms with Crippen LogP contribution >= 0.6 is 11.8 Å². The van der Waals surface area contributed by atoms with E-state index in [1.807, 2.05) is 12.1 Å². The van der Waals surface area contributed by atoms with Gasteiger partial charge in [0.2, 0.25) is 0 Å². The molecule has 0 amide bonds. The van der Waals surface area contributed by atoms with E-state index in [9.17, 15) is 5.11 Å². The molecule has 0 saturated heterocycles. The molecule has 26 heavy (non-hydrogen) atoms. The predicted molar refractivity (Wildman–Crippen MR) is 109 cm³/mol. The van der Waals surface area contributed by atoms with Gasteiger partial charge in [-0.3, -0.25) is 0 Å². The number of phenols is 1. The highest BCUT2D eigenvalue weighted by Crippen LogP contribution is 2.42. The summed E-state index contributed by atoms with van der Waals surface area (Å²) in [6.07, 6.45) is 1.77. The highest BCUT2D eigenvalue weighted by molar-refractivity contribution is 7.98. The second-order valence-electron chi connectivity index (χ2n) is 8.71. The molecule has 0 radical (unpaired) electrons. The zero-order chi connectivity index (χ0) is 19.1. The Balaban J connectivity index is 1.93. The van der Waals surface area contributed by atoms with E-state index in [0.717, 1.165) is 38.8 Å². The molecule has 0 aliphatic heterocycles. The molecule has 4 nitrogen and oxygen atoms in total. The number of nitrogens with one attached hydrogen (secondary N) is 1. The Labute approximate surface area is 159 Å². The highest BCUT2D eigenvalue weighted by atomic mass is 32.2. The first-order chi connectivity index (χ1) is 12.1. The van der Waals surface area contributed by atoms with Gasteiger partial charge in [-0.05, 0) is 35.1 Å². The van der Waals surface area contributed by atoms with Gasteiger partial charge in [-0.2, -0.15) is 0 Å². The lowest BCUT2D eigenvalue weighted by molar-refractivity contribution is 0.422. The number of hydrogen-bond acceptors (Lipinski definition) is 4. The maximum Gasteiger partial charge on any atom is 0.157 e. The van der Waals surface area contributed by atoms with Crippen molar-refractivity contribution in [3.05, 3.63) is 47.4 Å². The van der Waals surface area contributed by atoms with Crippen LogP contribution in [0.1, 0.15) is 58.5 Å². The number of H-pyrrole nitrogens is 1. The van der Waals surface area contributed by atoms with Crippen LogP contribution in [0.25, 0.3) is 11.2 Å². The Morgan fingerprint density at radius 3 is 2.19 bits per heavy atom. The standard InChI is InChI=1S/C21H27N3OS/c1-20(2,3)14-10-13(11-15(18(14)25)21(4,5)6)26-12-17-23-16-8-7-9-22-19(16)24-17/h7-11,25H,12H2,1-6H3,(H,22,23,24). The van der Waals surface area contributed by atoms with Gasteiger partial charge < -0.3 is 10.1 Å². The summed E-state index contributed by atoms with van der Waals surface area (Å²) in [7, 11) is 0. The molecule has 2 heterocycles. The van der Waals surface area contributed by atoms with Crippen molar-refractivity contribution in [1.29, 1.82) is 0 Å². The molecule has 0 bridgehead atoms. The number of rotatable bonds is 3. The van der Waals surface area contributed by atoms with Crippen LogP contribution in [-0.4, -0.2) is 20.1 Å². The molecule has 2 aromatic heterocycles. The number of aromatic amines is 1. The zero-order valence-electron chi connectivity index (χ0n) is 16.3. The summed E-state index contributed by atoms with van der Waals surface area (Å²) < 4.78 is 0. The van der Waals surface area contributed by atoms with E-state index in [1.165, 1.54) is 0 Å². The molecule has 5 heteroatoms. The monoisotopic (exact) mass is 369 g/mol. The van der Waals surface area contributed by atoms with E-state index in [4.69, 9.17) is 0 Å². The fourth-order valence-electron chi connectivity index (χ4n) is 2.95. The first kappa shape index (κ1) is 18.8. The summed E-state index contributed by atoms with van der Waals surface area (Å²) in [4.78, 5) is 13.3. The largest absolute Gasteiger partial charge is 0.507 e. The van der Waals surface area contributed by atoms with Crippen molar-refractivity contribution < 1.29 is 5.11 Å². The number of phenolic OH excluding ortho intramolecular Hbond substituents is 1.